The second kappa shape index (κ2) is 3.52. The van der Waals surface area contributed by atoms with E-state index in [0.717, 1.165) is 24.5 Å². The zero-order valence-corrected chi connectivity index (χ0v) is 8.14. The number of halogens is 3. The SMILES string of the molecule is NCc1cc(C2CC2)cc(C(F)(F)F)c1. The Morgan fingerprint density at radius 3 is 2.33 bits per heavy atom. The van der Waals surface area contributed by atoms with Gasteiger partial charge in [-0.3, -0.25) is 0 Å². The molecular weight excluding hydrogens is 203 g/mol. The highest BCUT2D eigenvalue weighted by Crippen LogP contribution is 2.42. The minimum Gasteiger partial charge on any atom is -0.326 e. The topological polar surface area (TPSA) is 26.0 Å². The Morgan fingerprint density at radius 2 is 1.87 bits per heavy atom. The third kappa shape index (κ3) is 2.31. The average molecular weight is 215 g/mol. The zero-order valence-electron chi connectivity index (χ0n) is 8.14. The number of hydrogen-bond donors (Lipinski definition) is 1. The van der Waals surface area contributed by atoms with Crippen molar-refractivity contribution in [1.82, 2.24) is 0 Å². The van der Waals surface area contributed by atoms with Gasteiger partial charge in [0.05, 0.1) is 5.56 Å². The molecule has 1 nitrogen and oxygen atoms in total. The predicted molar refractivity (Wildman–Crippen MR) is 51.3 cm³/mol. The molecule has 1 aliphatic carbocycles. The number of nitrogens with two attached hydrogens (primary N) is 1. The molecule has 82 valence electrons. The van der Waals surface area contributed by atoms with E-state index in [9.17, 15) is 13.2 Å². The first-order chi connectivity index (χ1) is 7.00. The van der Waals surface area contributed by atoms with Crippen molar-refractivity contribution in [3.05, 3.63) is 34.9 Å². The van der Waals surface area contributed by atoms with Crippen LogP contribution in [0, 0.1) is 0 Å². The molecular formula is C11H12F3N. The number of hydrogen-bond acceptors (Lipinski definition) is 1. The van der Waals surface area contributed by atoms with Gasteiger partial charge in [0.1, 0.15) is 0 Å². The molecule has 0 amide bonds. The first-order valence-corrected chi connectivity index (χ1v) is 4.92. The normalized spacial score (nSPS) is 16.8. The van der Waals surface area contributed by atoms with E-state index in [-0.39, 0.29) is 6.54 Å². The van der Waals surface area contributed by atoms with Gasteiger partial charge in [0.2, 0.25) is 0 Å². The van der Waals surface area contributed by atoms with Gasteiger partial charge >= 0.3 is 6.18 Å². The molecule has 0 aromatic heterocycles. The van der Waals surface area contributed by atoms with Crippen LogP contribution in [0.3, 0.4) is 0 Å². The Bertz CT molecular complexity index is 367. The van der Waals surface area contributed by atoms with E-state index < -0.39 is 11.7 Å². The average Bonchev–Trinajstić information content (AvgIpc) is 2.99. The van der Waals surface area contributed by atoms with Crippen LogP contribution in [0.25, 0.3) is 0 Å². The van der Waals surface area contributed by atoms with Crippen LogP contribution in [0.2, 0.25) is 0 Å². The highest BCUT2D eigenvalue weighted by Gasteiger charge is 2.33. The maximum Gasteiger partial charge on any atom is 0.416 e. The summed E-state index contributed by atoms with van der Waals surface area (Å²) in [5.41, 5.74) is 6.15. The third-order valence-electron chi connectivity index (χ3n) is 2.63. The molecule has 15 heavy (non-hydrogen) atoms. The number of alkyl halides is 3. The molecule has 2 rings (SSSR count). The second-order valence-corrected chi connectivity index (χ2v) is 3.94. The molecule has 1 aliphatic rings. The quantitative estimate of drug-likeness (QED) is 0.806. The monoisotopic (exact) mass is 215 g/mol. The summed E-state index contributed by atoms with van der Waals surface area (Å²) in [6.07, 6.45) is -2.29. The van der Waals surface area contributed by atoms with Crippen LogP contribution in [0.4, 0.5) is 13.2 Å². The Balaban J connectivity index is 2.41. The molecule has 1 aromatic carbocycles. The van der Waals surface area contributed by atoms with Crippen LogP contribution in [0.5, 0.6) is 0 Å². The molecule has 0 saturated heterocycles. The molecule has 1 saturated carbocycles. The van der Waals surface area contributed by atoms with Gasteiger partial charge in [0.25, 0.3) is 0 Å². The van der Waals surface area contributed by atoms with Crippen LogP contribution in [0.1, 0.15) is 35.4 Å². The summed E-state index contributed by atoms with van der Waals surface area (Å²) in [4.78, 5) is 0. The maximum atomic E-state index is 12.5. The van der Waals surface area contributed by atoms with Gasteiger partial charge in [0.15, 0.2) is 0 Å². The van der Waals surface area contributed by atoms with Gasteiger partial charge in [-0.2, -0.15) is 13.2 Å². The van der Waals surface area contributed by atoms with E-state index in [1.165, 1.54) is 6.07 Å². The van der Waals surface area contributed by atoms with Crippen molar-refractivity contribution < 1.29 is 13.2 Å². The van der Waals surface area contributed by atoms with Crippen molar-refractivity contribution in [3.63, 3.8) is 0 Å². The molecule has 0 bridgehead atoms. The molecule has 0 aliphatic heterocycles. The van der Waals surface area contributed by atoms with Crippen molar-refractivity contribution >= 4 is 0 Å². The Labute approximate surface area is 86.1 Å². The minimum atomic E-state index is -4.27. The Morgan fingerprint density at radius 1 is 1.20 bits per heavy atom. The van der Waals surface area contributed by atoms with Gasteiger partial charge in [0, 0.05) is 6.54 Å². The van der Waals surface area contributed by atoms with E-state index >= 15 is 0 Å². The van der Waals surface area contributed by atoms with Crippen LogP contribution in [0.15, 0.2) is 18.2 Å². The molecule has 4 heteroatoms. The molecule has 0 heterocycles. The van der Waals surface area contributed by atoms with Crippen molar-refractivity contribution in [1.29, 1.82) is 0 Å². The summed E-state index contributed by atoms with van der Waals surface area (Å²) in [6, 6.07) is 4.16. The second-order valence-electron chi connectivity index (χ2n) is 3.94. The van der Waals surface area contributed by atoms with Crippen LogP contribution in [-0.4, -0.2) is 0 Å². The molecule has 0 radical (unpaired) electrons. The largest absolute Gasteiger partial charge is 0.416 e. The predicted octanol–water partition coefficient (Wildman–Crippen LogP) is 3.04. The van der Waals surface area contributed by atoms with Gasteiger partial charge in [-0.1, -0.05) is 6.07 Å². The Kier molecular flexibility index (Phi) is 2.46. The van der Waals surface area contributed by atoms with E-state index in [0.29, 0.717) is 11.5 Å². The molecule has 0 spiro atoms. The summed E-state index contributed by atoms with van der Waals surface area (Å²) in [6.45, 7) is 0.156. The summed E-state index contributed by atoms with van der Waals surface area (Å²) in [5, 5.41) is 0. The Hall–Kier alpha value is -1.03. The van der Waals surface area contributed by atoms with Crippen molar-refractivity contribution in [2.75, 3.05) is 0 Å². The lowest BCUT2D eigenvalue weighted by atomic mass is 10.0. The summed E-state index contributed by atoms with van der Waals surface area (Å²) >= 11 is 0. The fourth-order valence-corrected chi connectivity index (χ4v) is 1.65. The van der Waals surface area contributed by atoms with Crippen LogP contribution >= 0.6 is 0 Å². The summed E-state index contributed by atoms with van der Waals surface area (Å²) in [5.74, 6) is 0.317. The third-order valence-corrected chi connectivity index (χ3v) is 2.63. The van der Waals surface area contributed by atoms with Crippen molar-refractivity contribution in [3.8, 4) is 0 Å². The van der Waals surface area contributed by atoms with Crippen LogP contribution < -0.4 is 5.73 Å². The summed E-state index contributed by atoms with van der Waals surface area (Å²) in [7, 11) is 0. The van der Waals surface area contributed by atoms with Gasteiger partial charge < -0.3 is 5.73 Å². The van der Waals surface area contributed by atoms with Gasteiger partial charge in [-0.15, -0.1) is 0 Å². The molecule has 1 aromatic rings. The molecule has 0 atom stereocenters. The highest BCUT2D eigenvalue weighted by atomic mass is 19.4. The number of benzene rings is 1. The van der Waals surface area contributed by atoms with E-state index in [1.807, 2.05) is 0 Å². The highest BCUT2D eigenvalue weighted by molar-refractivity contribution is 5.35. The smallest absolute Gasteiger partial charge is 0.326 e. The maximum absolute atomic E-state index is 12.5. The first-order valence-electron chi connectivity index (χ1n) is 4.92. The standard InChI is InChI=1S/C11H12F3N/c12-11(13,14)10-4-7(6-15)3-9(5-10)8-1-2-8/h3-5,8H,1-2,6,15H2. The lowest BCUT2D eigenvalue weighted by molar-refractivity contribution is -0.137. The van der Waals surface area contributed by atoms with Crippen molar-refractivity contribution in [2.24, 2.45) is 5.73 Å². The van der Waals surface area contributed by atoms with E-state index in [1.54, 1.807) is 6.07 Å². The summed E-state index contributed by atoms with van der Waals surface area (Å²) < 4.78 is 37.6. The van der Waals surface area contributed by atoms with E-state index in [2.05, 4.69) is 0 Å². The van der Waals surface area contributed by atoms with Gasteiger partial charge in [-0.25, -0.2) is 0 Å². The first kappa shape index (κ1) is 10.5. The molecule has 0 unspecified atom stereocenters. The minimum absolute atomic E-state index is 0.156. The fraction of sp³-hybridized carbons (Fsp3) is 0.455. The van der Waals surface area contributed by atoms with Gasteiger partial charge in [-0.05, 0) is 42.0 Å². The lowest BCUT2D eigenvalue weighted by Crippen LogP contribution is -2.08. The molecule has 2 N–H and O–H groups in total. The lowest BCUT2D eigenvalue weighted by Gasteiger charge is -2.11. The van der Waals surface area contributed by atoms with Crippen molar-refractivity contribution in [2.45, 2.75) is 31.5 Å². The van der Waals surface area contributed by atoms with E-state index in [4.69, 9.17) is 5.73 Å². The zero-order chi connectivity index (χ0) is 11.1. The fourth-order valence-electron chi connectivity index (χ4n) is 1.65. The number of rotatable bonds is 2. The van der Waals surface area contributed by atoms with Crippen LogP contribution in [-0.2, 0) is 12.7 Å². The molecule has 1 fully saturated rings.